The standard InChI is InChI=1S/C12H13BrN4O2S/c13-11-7-12(17-8-16-11)15-6-5-9-1-3-10(4-2-9)20(14,18)19/h1-4,7-8H,5-6H2,(H2,14,18,19)(H,15,16,17). The molecule has 0 aliphatic heterocycles. The maximum atomic E-state index is 11.1. The summed E-state index contributed by atoms with van der Waals surface area (Å²) in [5, 5.41) is 8.19. The van der Waals surface area contributed by atoms with E-state index < -0.39 is 10.0 Å². The normalized spacial score (nSPS) is 11.3. The monoisotopic (exact) mass is 356 g/mol. The van der Waals surface area contributed by atoms with Gasteiger partial charge >= 0.3 is 0 Å². The summed E-state index contributed by atoms with van der Waals surface area (Å²) in [7, 11) is -3.63. The third-order valence-corrected chi connectivity index (χ3v) is 3.97. The van der Waals surface area contributed by atoms with E-state index in [-0.39, 0.29) is 4.90 Å². The van der Waals surface area contributed by atoms with Crippen LogP contribution in [0.15, 0.2) is 46.2 Å². The Bertz CT molecular complexity index is 689. The van der Waals surface area contributed by atoms with Crippen LogP contribution in [-0.4, -0.2) is 24.9 Å². The van der Waals surface area contributed by atoms with Gasteiger partial charge in [-0.15, -0.1) is 0 Å². The molecule has 0 radical (unpaired) electrons. The van der Waals surface area contributed by atoms with Gasteiger partial charge in [0, 0.05) is 12.6 Å². The smallest absolute Gasteiger partial charge is 0.238 e. The molecule has 2 aromatic rings. The third-order valence-electron chi connectivity index (χ3n) is 2.61. The van der Waals surface area contributed by atoms with Crippen molar-refractivity contribution in [2.45, 2.75) is 11.3 Å². The number of rotatable bonds is 5. The molecule has 1 aromatic carbocycles. The first-order valence-electron chi connectivity index (χ1n) is 5.78. The number of hydrogen-bond acceptors (Lipinski definition) is 5. The molecule has 0 amide bonds. The summed E-state index contributed by atoms with van der Waals surface area (Å²) in [6.07, 6.45) is 2.21. The summed E-state index contributed by atoms with van der Waals surface area (Å²) < 4.78 is 23.0. The second-order valence-corrected chi connectivity index (χ2v) is 6.47. The van der Waals surface area contributed by atoms with Crippen molar-refractivity contribution in [1.82, 2.24) is 9.97 Å². The maximum absolute atomic E-state index is 11.1. The molecule has 0 bridgehead atoms. The van der Waals surface area contributed by atoms with Crippen molar-refractivity contribution in [3.63, 3.8) is 0 Å². The van der Waals surface area contributed by atoms with Crippen LogP contribution in [0.5, 0.6) is 0 Å². The third kappa shape index (κ3) is 4.26. The van der Waals surface area contributed by atoms with Gasteiger partial charge in [0.2, 0.25) is 10.0 Å². The molecule has 0 spiro atoms. The van der Waals surface area contributed by atoms with Gasteiger partial charge in [0.15, 0.2) is 0 Å². The van der Waals surface area contributed by atoms with E-state index in [0.29, 0.717) is 11.1 Å². The van der Waals surface area contributed by atoms with E-state index in [9.17, 15) is 8.42 Å². The molecular formula is C12H13BrN4O2S. The zero-order chi connectivity index (χ0) is 14.6. The summed E-state index contributed by atoms with van der Waals surface area (Å²) >= 11 is 3.27. The Kier molecular flexibility index (Phi) is 4.69. The van der Waals surface area contributed by atoms with Crippen molar-refractivity contribution in [3.05, 3.63) is 46.8 Å². The number of aromatic nitrogens is 2. The fraction of sp³-hybridized carbons (Fsp3) is 0.167. The van der Waals surface area contributed by atoms with Gasteiger partial charge < -0.3 is 5.32 Å². The lowest BCUT2D eigenvalue weighted by atomic mass is 10.1. The van der Waals surface area contributed by atoms with Crippen molar-refractivity contribution in [3.8, 4) is 0 Å². The molecule has 0 aliphatic carbocycles. The summed E-state index contributed by atoms with van der Waals surface area (Å²) in [5.41, 5.74) is 1.01. The molecule has 106 valence electrons. The number of hydrogen-bond donors (Lipinski definition) is 2. The molecule has 0 saturated heterocycles. The lowest BCUT2D eigenvalue weighted by Crippen LogP contribution is -2.12. The quantitative estimate of drug-likeness (QED) is 0.791. The number of nitrogens with one attached hydrogen (secondary N) is 1. The first-order valence-corrected chi connectivity index (χ1v) is 8.12. The van der Waals surface area contributed by atoms with Crippen molar-refractivity contribution in [2.24, 2.45) is 5.14 Å². The Morgan fingerprint density at radius 1 is 1.20 bits per heavy atom. The van der Waals surface area contributed by atoms with Crippen LogP contribution in [-0.2, 0) is 16.4 Å². The molecular weight excluding hydrogens is 344 g/mol. The Balaban J connectivity index is 1.92. The summed E-state index contributed by atoms with van der Waals surface area (Å²) in [6, 6.07) is 8.29. The van der Waals surface area contributed by atoms with Crippen LogP contribution in [0.25, 0.3) is 0 Å². The van der Waals surface area contributed by atoms with Gasteiger partial charge in [0.05, 0.1) is 4.90 Å². The van der Waals surface area contributed by atoms with E-state index >= 15 is 0 Å². The number of anilines is 1. The molecule has 6 nitrogen and oxygen atoms in total. The van der Waals surface area contributed by atoms with Crippen LogP contribution in [0.1, 0.15) is 5.56 Å². The van der Waals surface area contributed by atoms with Crippen molar-refractivity contribution in [2.75, 3.05) is 11.9 Å². The highest BCUT2D eigenvalue weighted by molar-refractivity contribution is 9.10. The van der Waals surface area contributed by atoms with E-state index in [1.807, 2.05) is 0 Å². The van der Waals surface area contributed by atoms with Crippen LogP contribution in [0.3, 0.4) is 0 Å². The molecule has 0 saturated carbocycles. The maximum Gasteiger partial charge on any atom is 0.238 e. The highest BCUT2D eigenvalue weighted by Gasteiger charge is 2.06. The van der Waals surface area contributed by atoms with Crippen LogP contribution in [0.2, 0.25) is 0 Å². The predicted octanol–water partition coefficient (Wildman–Crippen LogP) is 1.54. The minimum atomic E-state index is -3.63. The molecule has 3 N–H and O–H groups in total. The lowest BCUT2D eigenvalue weighted by Gasteiger charge is -2.06. The minimum Gasteiger partial charge on any atom is -0.370 e. The first kappa shape index (κ1) is 14.9. The number of halogens is 1. The van der Waals surface area contributed by atoms with E-state index in [0.717, 1.165) is 17.8 Å². The van der Waals surface area contributed by atoms with Gasteiger partial charge in [-0.1, -0.05) is 12.1 Å². The average molecular weight is 357 g/mol. The molecule has 8 heteroatoms. The summed E-state index contributed by atoms with van der Waals surface area (Å²) in [4.78, 5) is 8.12. The molecule has 0 atom stereocenters. The average Bonchev–Trinajstić information content (AvgIpc) is 2.38. The van der Waals surface area contributed by atoms with Gasteiger partial charge in [-0.2, -0.15) is 0 Å². The van der Waals surface area contributed by atoms with Crippen molar-refractivity contribution in [1.29, 1.82) is 0 Å². The zero-order valence-electron chi connectivity index (χ0n) is 10.5. The molecule has 20 heavy (non-hydrogen) atoms. The topological polar surface area (TPSA) is 98.0 Å². The number of benzene rings is 1. The minimum absolute atomic E-state index is 0.119. The van der Waals surface area contributed by atoms with Crippen LogP contribution >= 0.6 is 15.9 Å². The fourth-order valence-corrected chi connectivity index (χ4v) is 2.43. The van der Waals surface area contributed by atoms with E-state index in [1.54, 1.807) is 18.2 Å². The number of nitrogens with zero attached hydrogens (tertiary/aromatic N) is 2. The summed E-state index contributed by atoms with van der Waals surface area (Å²) in [5.74, 6) is 0.730. The lowest BCUT2D eigenvalue weighted by molar-refractivity contribution is 0.598. The Labute approximate surface area is 125 Å². The predicted molar refractivity (Wildman–Crippen MR) is 79.7 cm³/mol. The van der Waals surface area contributed by atoms with E-state index in [4.69, 9.17) is 5.14 Å². The highest BCUT2D eigenvalue weighted by Crippen LogP contribution is 2.11. The summed E-state index contributed by atoms with van der Waals surface area (Å²) in [6.45, 7) is 0.679. The molecule has 2 rings (SSSR count). The van der Waals surface area contributed by atoms with Gasteiger partial charge in [-0.25, -0.2) is 23.5 Å². The SMILES string of the molecule is NS(=O)(=O)c1ccc(CCNc2cc(Br)ncn2)cc1. The highest BCUT2D eigenvalue weighted by atomic mass is 79.9. The molecule has 0 aliphatic rings. The van der Waals surface area contributed by atoms with Crippen LogP contribution in [0, 0.1) is 0 Å². The zero-order valence-corrected chi connectivity index (χ0v) is 12.9. The molecule has 1 heterocycles. The number of sulfonamides is 1. The van der Waals surface area contributed by atoms with E-state index in [1.165, 1.54) is 18.5 Å². The first-order chi connectivity index (χ1) is 9.45. The number of nitrogens with two attached hydrogens (primary N) is 1. The number of primary sulfonamides is 1. The Morgan fingerprint density at radius 3 is 2.50 bits per heavy atom. The second-order valence-electron chi connectivity index (χ2n) is 4.09. The van der Waals surface area contributed by atoms with Crippen LogP contribution < -0.4 is 10.5 Å². The molecule has 1 aromatic heterocycles. The van der Waals surface area contributed by atoms with Crippen molar-refractivity contribution >= 4 is 31.8 Å². The molecule has 0 unspecified atom stereocenters. The Hall–Kier alpha value is -1.51. The van der Waals surface area contributed by atoms with Gasteiger partial charge in [0.1, 0.15) is 16.7 Å². The second kappa shape index (κ2) is 6.29. The van der Waals surface area contributed by atoms with Gasteiger partial charge in [0.25, 0.3) is 0 Å². The van der Waals surface area contributed by atoms with Gasteiger partial charge in [-0.05, 0) is 40.0 Å². The van der Waals surface area contributed by atoms with Crippen molar-refractivity contribution < 1.29 is 8.42 Å². The van der Waals surface area contributed by atoms with Gasteiger partial charge in [-0.3, -0.25) is 0 Å². The van der Waals surface area contributed by atoms with Crippen LogP contribution in [0.4, 0.5) is 5.82 Å². The Morgan fingerprint density at radius 2 is 1.90 bits per heavy atom. The van der Waals surface area contributed by atoms with E-state index in [2.05, 4.69) is 31.2 Å². The molecule has 0 fully saturated rings. The largest absolute Gasteiger partial charge is 0.370 e. The fourth-order valence-electron chi connectivity index (χ4n) is 1.61.